The van der Waals surface area contributed by atoms with Crippen LogP contribution in [0.1, 0.15) is 34.8 Å². The summed E-state index contributed by atoms with van der Waals surface area (Å²) >= 11 is 0. The number of amides is 1. The Hall–Kier alpha value is -2.02. The van der Waals surface area contributed by atoms with E-state index in [1.807, 2.05) is 24.8 Å². The summed E-state index contributed by atoms with van der Waals surface area (Å²) in [5.74, 6) is 0.633. The molecule has 0 aromatic carbocycles. The number of aromatic nitrogens is 4. The van der Waals surface area contributed by atoms with Gasteiger partial charge in [-0.1, -0.05) is 0 Å². The zero-order valence-corrected chi connectivity index (χ0v) is 13.6. The number of hydrogen-bond acceptors (Lipinski definition) is 5. The number of aryl methyl sites for hydroxylation is 2. The van der Waals surface area contributed by atoms with E-state index in [0.717, 1.165) is 37.3 Å². The maximum Gasteiger partial charge on any atom is 0.293 e. The highest BCUT2D eigenvalue weighted by Crippen LogP contribution is 2.16. The minimum atomic E-state index is -0.0974. The summed E-state index contributed by atoms with van der Waals surface area (Å²) in [5, 5.41) is 4.32. The van der Waals surface area contributed by atoms with Gasteiger partial charge in [0.05, 0.1) is 0 Å². The van der Waals surface area contributed by atoms with Gasteiger partial charge in [-0.3, -0.25) is 4.79 Å². The Labute approximate surface area is 130 Å². The number of carbonyl (C=O) groups is 1. The van der Waals surface area contributed by atoms with Gasteiger partial charge < -0.3 is 9.80 Å². The molecular formula is C15H22N6O. The van der Waals surface area contributed by atoms with E-state index in [2.05, 4.69) is 34.1 Å². The maximum atomic E-state index is 12.6. The zero-order chi connectivity index (χ0) is 15.9. The van der Waals surface area contributed by atoms with Gasteiger partial charge >= 0.3 is 0 Å². The Kier molecular flexibility index (Phi) is 3.82. The lowest BCUT2D eigenvalue weighted by atomic mass is 10.0. The molecule has 0 atom stereocenters. The zero-order valence-electron chi connectivity index (χ0n) is 13.6. The van der Waals surface area contributed by atoms with E-state index in [1.165, 1.54) is 0 Å². The van der Waals surface area contributed by atoms with Crippen molar-refractivity contribution in [2.24, 2.45) is 0 Å². The van der Waals surface area contributed by atoms with Crippen LogP contribution >= 0.6 is 0 Å². The lowest BCUT2D eigenvalue weighted by Gasteiger charge is -2.34. The third-order valence-corrected chi connectivity index (χ3v) is 4.29. The van der Waals surface area contributed by atoms with Crippen molar-refractivity contribution in [3.05, 3.63) is 23.3 Å². The minimum Gasteiger partial charge on any atom is -0.336 e. The average molecular weight is 302 g/mol. The minimum absolute atomic E-state index is 0.0974. The van der Waals surface area contributed by atoms with E-state index in [1.54, 1.807) is 4.52 Å². The van der Waals surface area contributed by atoms with E-state index in [4.69, 9.17) is 0 Å². The van der Waals surface area contributed by atoms with Gasteiger partial charge in [0, 0.05) is 30.5 Å². The molecule has 1 fully saturated rings. The Morgan fingerprint density at radius 1 is 1.23 bits per heavy atom. The molecular weight excluding hydrogens is 280 g/mol. The van der Waals surface area contributed by atoms with Gasteiger partial charge in [0.1, 0.15) is 0 Å². The highest BCUT2D eigenvalue weighted by molar-refractivity contribution is 5.91. The summed E-state index contributed by atoms with van der Waals surface area (Å²) in [6.45, 7) is 5.35. The molecule has 1 aliphatic rings. The fourth-order valence-corrected chi connectivity index (χ4v) is 2.98. The van der Waals surface area contributed by atoms with Crippen molar-refractivity contribution in [1.82, 2.24) is 29.4 Å². The third kappa shape index (κ3) is 2.68. The largest absolute Gasteiger partial charge is 0.336 e. The lowest BCUT2D eigenvalue weighted by molar-refractivity contribution is 0.0651. The maximum absolute atomic E-state index is 12.6. The van der Waals surface area contributed by atoms with Crippen LogP contribution in [0.4, 0.5) is 0 Å². The smallest absolute Gasteiger partial charge is 0.293 e. The first-order valence-electron chi connectivity index (χ1n) is 7.62. The normalized spacial score (nSPS) is 16.7. The molecule has 3 heterocycles. The Balaban J connectivity index is 1.80. The highest BCUT2D eigenvalue weighted by atomic mass is 16.2. The molecule has 0 saturated carbocycles. The standard InChI is InChI=1S/C15H22N6O/c1-10-9-11(2)21-15(16-10)17-13(18-21)14(22)20-7-5-12(6-8-20)19(3)4/h9,12H,5-8H2,1-4H3. The Morgan fingerprint density at radius 2 is 1.91 bits per heavy atom. The van der Waals surface area contributed by atoms with E-state index in [-0.39, 0.29) is 11.7 Å². The summed E-state index contributed by atoms with van der Waals surface area (Å²) in [6.07, 6.45) is 1.98. The van der Waals surface area contributed by atoms with Gasteiger partial charge in [-0.2, -0.15) is 4.98 Å². The van der Waals surface area contributed by atoms with E-state index in [9.17, 15) is 4.79 Å². The molecule has 0 radical (unpaired) electrons. The van der Waals surface area contributed by atoms with Gasteiger partial charge in [-0.15, -0.1) is 5.10 Å². The van der Waals surface area contributed by atoms with E-state index in [0.29, 0.717) is 11.8 Å². The first-order valence-corrected chi connectivity index (χ1v) is 7.62. The van der Waals surface area contributed by atoms with Crippen molar-refractivity contribution in [3.63, 3.8) is 0 Å². The van der Waals surface area contributed by atoms with Crippen LogP contribution < -0.4 is 0 Å². The summed E-state index contributed by atoms with van der Waals surface area (Å²) in [6, 6.07) is 2.48. The van der Waals surface area contributed by atoms with E-state index >= 15 is 0 Å². The van der Waals surface area contributed by atoms with Gasteiger partial charge in [-0.05, 0) is 46.9 Å². The number of rotatable bonds is 2. The molecule has 0 aliphatic carbocycles. The third-order valence-electron chi connectivity index (χ3n) is 4.29. The second-order valence-corrected chi connectivity index (χ2v) is 6.17. The van der Waals surface area contributed by atoms with Crippen LogP contribution in [0, 0.1) is 13.8 Å². The van der Waals surface area contributed by atoms with Crippen molar-refractivity contribution in [3.8, 4) is 0 Å². The average Bonchev–Trinajstić information content (AvgIpc) is 2.90. The first-order chi connectivity index (χ1) is 10.5. The van der Waals surface area contributed by atoms with E-state index < -0.39 is 0 Å². The molecule has 22 heavy (non-hydrogen) atoms. The summed E-state index contributed by atoms with van der Waals surface area (Å²) < 4.78 is 1.63. The molecule has 0 unspecified atom stereocenters. The number of likely N-dealkylation sites (tertiary alicyclic amines) is 1. The fraction of sp³-hybridized carbons (Fsp3) is 0.600. The predicted octanol–water partition coefficient (Wildman–Crippen LogP) is 0.907. The molecule has 0 N–H and O–H groups in total. The number of carbonyl (C=O) groups excluding carboxylic acids is 1. The van der Waals surface area contributed by atoms with Crippen molar-refractivity contribution < 1.29 is 4.79 Å². The topological polar surface area (TPSA) is 66.6 Å². The first kappa shape index (κ1) is 14.9. The lowest BCUT2D eigenvalue weighted by Crippen LogP contribution is -2.44. The molecule has 2 aromatic rings. The second kappa shape index (κ2) is 5.64. The number of nitrogens with zero attached hydrogens (tertiary/aromatic N) is 6. The van der Waals surface area contributed by atoms with Crippen LogP contribution in [-0.4, -0.2) is 68.5 Å². The second-order valence-electron chi connectivity index (χ2n) is 6.17. The summed E-state index contributed by atoms with van der Waals surface area (Å²) in [5.41, 5.74) is 1.81. The molecule has 0 bridgehead atoms. The van der Waals surface area contributed by atoms with Crippen molar-refractivity contribution in [2.45, 2.75) is 32.7 Å². The van der Waals surface area contributed by atoms with Gasteiger partial charge in [0.25, 0.3) is 11.7 Å². The Morgan fingerprint density at radius 3 is 2.55 bits per heavy atom. The van der Waals surface area contributed by atoms with Crippen molar-refractivity contribution in [2.75, 3.05) is 27.2 Å². The Bertz CT molecular complexity index is 699. The molecule has 0 spiro atoms. The molecule has 7 heteroatoms. The number of hydrogen-bond donors (Lipinski definition) is 0. The highest BCUT2D eigenvalue weighted by Gasteiger charge is 2.27. The van der Waals surface area contributed by atoms with Gasteiger partial charge in [0.2, 0.25) is 5.82 Å². The molecule has 2 aromatic heterocycles. The molecule has 1 aliphatic heterocycles. The van der Waals surface area contributed by atoms with Crippen LogP contribution in [0.5, 0.6) is 0 Å². The molecule has 1 saturated heterocycles. The molecule has 3 rings (SSSR count). The van der Waals surface area contributed by atoms with Crippen LogP contribution in [0.15, 0.2) is 6.07 Å². The van der Waals surface area contributed by atoms with Crippen LogP contribution in [0.3, 0.4) is 0 Å². The van der Waals surface area contributed by atoms with Gasteiger partial charge in [0.15, 0.2) is 0 Å². The van der Waals surface area contributed by atoms with Crippen LogP contribution in [-0.2, 0) is 0 Å². The SMILES string of the molecule is Cc1cc(C)n2nc(C(=O)N3CCC(N(C)C)CC3)nc2n1. The molecule has 118 valence electrons. The number of piperidine rings is 1. The molecule has 7 nitrogen and oxygen atoms in total. The monoisotopic (exact) mass is 302 g/mol. The van der Waals surface area contributed by atoms with Crippen LogP contribution in [0.2, 0.25) is 0 Å². The summed E-state index contributed by atoms with van der Waals surface area (Å²) in [4.78, 5) is 25.3. The number of fused-ring (bicyclic) bond motifs is 1. The molecule has 1 amide bonds. The van der Waals surface area contributed by atoms with Gasteiger partial charge in [-0.25, -0.2) is 9.50 Å². The van der Waals surface area contributed by atoms with Crippen molar-refractivity contribution >= 4 is 11.7 Å². The van der Waals surface area contributed by atoms with Crippen molar-refractivity contribution in [1.29, 1.82) is 0 Å². The fourth-order valence-electron chi connectivity index (χ4n) is 2.98. The van der Waals surface area contributed by atoms with Crippen LogP contribution in [0.25, 0.3) is 5.78 Å². The quantitative estimate of drug-likeness (QED) is 0.825. The summed E-state index contributed by atoms with van der Waals surface area (Å²) in [7, 11) is 4.17. The predicted molar refractivity (Wildman–Crippen MR) is 82.9 cm³/mol.